The van der Waals surface area contributed by atoms with Crippen molar-refractivity contribution in [3.8, 4) is 5.75 Å². The molecule has 2 rings (SSSR count). The van der Waals surface area contributed by atoms with Crippen LogP contribution in [-0.2, 0) is 20.9 Å². The molecule has 0 aliphatic heterocycles. The molecule has 0 saturated carbocycles. The molecule has 2 atom stereocenters. The highest BCUT2D eigenvalue weighted by Crippen LogP contribution is 2.34. The van der Waals surface area contributed by atoms with E-state index in [0.717, 1.165) is 5.56 Å². The van der Waals surface area contributed by atoms with Crippen molar-refractivity contribution in [2.45, 2.75) is 84.7 Å². The van der Waals surface area contributed by atoms with Gasteiger partial charge in [0.1, 0.15) is 23.4 Å². The van der Waals surface area contributed by atoms with Gasteiger partial charge in [-0.25, -0.2) is 4.79 Å². The van der Waals surface area contributed by atoms with Crippen LogP contribution in [0.4, 0.5) is 4.79 Å². The fraction of sp³-hybridized carbons (Fsp3) is 0.483. The summed E-state index contributed by atoms with van der Waals surface area (Å²) in [5, 5.41) is 15.7. The average Bonchev–Trinajstić information content (AvgIpc) is 2.85. The van der Waals surface area contributed by atoms with Crippen LogP contribution in [0, 0.1) is 6.92 Å². The van der Waals surface area contributed by atoms with E-state index in [9.17, 15) is 19.5 Å². The van der Waals surface area contributed by atoms with E-state index < -0.39 is 35.2 Å². The summed E-state index contributed by atoms with van der Waals surface area (Å²) in [5.74, 6) is -0.765. The Labute approximate surface area is 231 Å². The van der Waals surface area contributed by atoms with Gasteiger partial charge in [0.25, 0.3) is 0 Å². The number of phenols is 1. The molecule has 0 aliphatic carbocycles. The van der Waals surface area contributed by atoms with Crippen LogP contribution in [-0.4, -0.2) is 50.8 Å². The number of aromatic hydroxyl groups is 1. The molecule has 9 heteroatoms. The van der Waals surface area contributed by atoms with E-state index in [1.165, 1.54) is 11.0 Å². The molecular weight excluding hydrogens is 502 g/mol. The first-order valence-electron chi connectivity index (χ1n) is 12.7. The van der Waals surface area contributed by atoms with Gasteiger partial charge >= 0.3 is 6.09 Å². The Morgan fingerprint density at radius 2 is 1.68 bits per heavy atom. The molecule has 3 N–H and O–H groups in total. The van der Waals surface area contributed by atoms with E-state index in [1.54, 1.807) is 39.8 Å². The summed E-state index contributed by atoms with van der Waals surface area (Å²) in [7, 11) is 0. The molecule has 0 bridgehead atoms. The maximum absolute atomic E-state index is 14.1. The van der Waals surface area contributed by atoms with Gasteiger partial charge in [0.15, 0.2) is 0 Å². The van der Waals surface area contributed by atoms with Crippen LogP contribution in [0.25, 0.3) is 0 Å². The van der Waals surface area contributed by atoms with Gasteiger partial charge < -0.3 is 25.4 Å². The smallest absolute Gasteiger partial charge is 0.408 e. The molecule has 0 saturated heterocycles. The molecule has 0 heterocycles. The summed E-state index contributed by atoms with van der Waals surface area (Å²) < 4.78 is 5.36. The van der Waals surface area contributed by atoms with Gasteiger partial charge in [-0.15, -0.1) is 0 Å². The Bertz CT molecular complexity index is 1110. The Balaban J connectivity index is 2.54. The zero-order valence-corrected chi connectivity index (χ0v) is 24.3. The van der Waals surface area contributed by atoms with Crippen molar-refractivity contribution in [3.05, 3.63) is 65.2 Å². The van der Waals surface area contributed by atoms with Crippen LogP contribution in [0.1, 0.15) is 70.7 Å². The van der Waals surface area contributed by atoms with Gasteiger partial charge in [-0.1, -0.05) is 43.3 Å². The van der Waals surface area contributed by atoms with Crippen LogP contribution < -0.4 is 10.6 Å². The lowest BCUT2D eigenvalue weighted by atomic mass is 9.91. The van der Waals surface area contributed by atoms with Crippen LogP contribution >= 0.6 is 12.6 Å². The molecule has 2 aromatic carbocycles. The van der Waals surface area contributed by atoms with Gasteiger partial charge in [0.2, 0.25) is 11.8 Å². The second kappa shape index (κ2) is 13.0. The van der Waals surface area contributed by atoms with E-state index in [-0.39, 0.29) is 24.0 Å². The molecule has 0 radical (unpaired) electrons. The summed E-state index contributed by atoms with van der Waals surface area (Å²) in [6.07, 6.45) is -0.214. The van der Waals surface area contributed by atoms with Crippen molar-refractivity contribution in [2.24, 2.45) is 0 Å². The predicted molar refractivity (Wildman–Crippen MR) is 152 cm³/mol. The van der Waals surface area contributed by atoms with E-state index in [0.29, 0.717) is 17.5 Å². The number of alkyl carbamates (subject to hydrolysis) is 1. The summed E-state index contributed by atoms with van der Waals surface area (Å²) in [6, 6.07) is 12.2. The van der Waals surface area contributed by atoms with Crippen LogP contribution in [0.15, 0.2) is 48.5 Å². The van der Waals surface area contributed by atoms with Gasteiger partial charge in [0, 0.05) is 17.8 Å². The van der Waals surface area contributed by atoms with Crippen molar-refractivity contribution in [2.75, 3.05) is 5.75 Å². The molecule has 0 fully saturated rings. The lowest BCUT2D eigenvalue weighted by molar-refractivity contribution is -0.149. The molecule has 0 spiro atoms. The second-order valence-electron chi connectivity index (χ2n) is 10.9. The maximum atomic E-state index is 14.1. The lowest BCUT2D eigenvalue weighted by Crippen LogP contribution is -2.59. The quantitative estimate of drug-likeness (QED) is 0.319. The number of amides is 3. The Morgan fingerprint density at radius 3 is 2.21 bits per heavy atom. The standard InChI is InChI=1S/C29H41N3O5S/c1-8-29(6,7)32(26(35)22(18-38)31-27(36)37-28(3,4)5)24(21-14-15-23(33)19(2)16-21)25(34)30-17-20-12-10-9-11-13-20/h9-16,22,24,33,38H,8,17-18H2,1-7H3,(H,30,34)(H,31,36). The zero-order chi connectivity index (χ0) is 28.7. The van der Waals surface area contributed by atoms with Gasteiger partial charge in [-0.3, -0.25) is 9.59 Å². The Morgan fingerprint density at radius 1 is 1.05 bits per heavy atom. The first kappa shape index (κ1) is 31.0. The van der Waals surface area contributed by atoms with Crippen LogP contribution in [0.3, 0.4) is 0 Å². The highest BCUT2D eigenvalue weighted by Gasteiger charge is 2.43. The number of nitrogens with zero attached hydrogens (tertiary/aromatic N) is 1. The summed E-state index contributed by atoms with van der Waals surface area (Å²) in [5.41, 5.74) is 0.488. The first-order valence-corrected chi connectivity index (χ1v) is 13.4. The highest BCUT2D eigenvalue weighted by molar-refractivity contribution is 7.80. The van der Waals surface area contributed by atoms with Gasteiger partial charge in [-0.05, 0) is 76.8 Å². The summed E-state index contributed by atoms with van der Waals surface area (Å²) in [4.78, 5) is 42.0. The monoisotopic (exact) mass is 543 g/mol. The van der Waals surface area contributed by atoms with E-state index >= 15 is 0 Å². The molecule has 208 valence electrons. The molecule has 8 nitrogen and oxygen atoms in total. The summed E-state index contributed by atoms with van der Waals surface area (Å²) in [6.45, 7) is 12.9. The minimum Gasteiger partial charge on any atom is -0.508 e. The molecule has 0 aromatic heterocycles. The average molecular weight is 544 g/mol. The minimum atomic E-state index is -1.04. The number of phenolic OH excluding ortho intramolecular Hbond substituents is 1. The van der Waals surface area contributed by atoms with Gasteiger partial charge in [-0.2, -0.15) is 12.6 Å². The van der Waals surface area contributed by atoms with Gasteiger partial charge in [0.05, 0.1) is 0 Å². The SMILES string of the molecule is CCC(C)(C)N(C(=O)C(CS)NC(=O)OC(C)(C)C)C(C(=O)NCc1ccccc1)c1ccc(O)c(C)c1. The van der Waals surface area contributed by atoms with Crippen molar-refractivity contribution >= 4 is 30.5 Å². The van der Waals surface area contributed by atoms with E-state index in [2.05, 4.69) is 23.3 Å². The third kappa shape index (κ3) is 8.41. The normalized spacial score (nSPS) is 13.3. The number of nitrogens with one attached hydrogen (secondary N) is 2. The van der Waals surface area contributed by atoms with Crippen molar-refractivity contribution in [1.29, 1.82) is 0 Å². The maximum Gasteiger partial charge on any atom is 0.408 e. The Hall–Kier alpha value is -3.20. The number of hydrogen-bond donors (Lipinski definition) is 4. The van der Waals surface area contributed by atoms with E-state index in [1.807, 2.05) is 51.1 Å². The van der Waals surface area contributed by atoms with Crippen molar-refractivity contribution < 1.29 is 24.2 Å². The zero-order valence-electron chi connectivity index (χ0n) is 23.4. The molecule has 38 heavy (non-hydrogen) atoms. The lowest BCUT2D eigenvalue weighted by Gasteiger charge is -2.44. The fourth-order valence-electron chi connectivity index (χ4n) is 3.90. The number of aryl methyl sites for hydroxylation is 1. The van der Waals surface area contributed by atoms with Crippen LogP contribution in [0.5, 0.6) is 5.75 Å². The highest BCUT2D eigenvalue weighted by atomic mass is 32.1. The van der Waals surface area contributed by atoms with Crippen molar-refractivity contribution in [1.82, 2.24) is 15.5 Å². The minimum absolute atomic E-state index is 0.00132. The third-order valence-electron chi connectivity index (χ3n) is 6.28. The predicted octanol–water partition coefficient (Wildman–Crippen LogP) is 4.90. The first-order chi connectivity index (χ1) is 17.7. The van der Waals surface area contributed by atoms with E-state index in [4.69, 9.17) is 4.74 Å². The second-order valence-corrected chi connectivity index (χ2v) is 11.3. The number of carbonyl (C=O) groups is 3. The number of thiol groups is 1. The Kier molecular flexibility index (Phi) is 10.6. The number of carbonyl (C=O) groups excluding carboxylic acids is 3. The summed E-state index contributed by atoms with van der Waals surface area (Å²) >= 11 is 4.34. The number of ether oxygens (including phenoxy) is 1. The molecule has 2 aromatic rings. The largest absolute Gasteiger partial charge is 0.508 e. The number of rotatable bonds is 10. The molecule has 2 unspecified atom stereocenters. The third-order valence-corrected chi connectivity index (χ3v) is 6.64. The number of benzene rings is 2. The van der Waals surface area contributed by atoms with Crippen molar-refractivity contribution in [3.63, 3.8) is 0 Å². The number of hydrogen-bond acceptors (Lipinski definition) is 6. The molecule has 0 aliphatic rings. The fourth-order valence-corrected chi connectivity index (χ4v) is 4.14. The molecule has 3 amide bonds. The topological polar surface area (TPSA) is 108 Å². The molecular formula is C29H41N3O5S. The van der Waals surface area contributed by atoms with Crippen LogP contribution in [0.2, 0.25) is 0 Å².